The number of hydrogen-bond acceptors (Lipinski definition) is 4. The van der Waals surface area contributed by atoms with Crippen molar-refractivity contribution in [2.75, 3.05) is 16.4 Å². The van der Waals surface area contributed by atoms with Gasteiger partial charge in [0.1, 0.15) is 0 Å². The second-order valence-electron chi connectivity index (χ2n) is 7.45. The van der Waals surface area contributed by atoms with Crippen LogP contribution in [-0.2, 0) is 4.79 Å². The van der Waals surface area contributed by atoms with E-state index in [2.05, 4.69) is 10.6 Å². The topological polar surface area (TPSA) is 95.5 Å². The molecular weight excluding hydrogens is 554 g/mol. The first-order valence-corrected chi connectivity index (χ1v) is 12.5. The second-order valence-corrected chi connectivity index (χ2v) is 10.0. The van der Waals surface area contributed by atoms with Gasteiger partial charge in [0, 0.05) is 16.3 Å². The zero-order valence-electron chi connectivity index (χ0n) is 18.3. The van der Waals surface area contributed by atoms with Crippen molar-refractivity contribution >= 4 is 87.3 Å². The Morgan fingerprint density at radius 2 is 1.51 bits per heavy atom. The van der Waals surface area contributed by atoms with Crippen LogP contribution in [0.4, 0.5) is 11.4 Å². The first-order valence-electron chi connectivity index (χ1n) is 10.00. The van der Waals surface area contributed by atoms with E-state index in [1.165, 1.54) is 11.8 Å². The highest BCUT2D eigenvalue weighted by Gasteiger charge is 2.29. The third kappa shape index (κ3) is 6.42. The minimum Gasteiger partial charge on any atom is -0.478 e. The number of carbonyl (C=O) groups is 3. The summed E-state index contributed by atoms with van der Waals surface area (Å²) in [5.74, 6) is -2.36. The van der Waals surface area contributed by atoms with Crippen LogP contribution in [0.25, 0.3) is 0 Å². The molecule has 3 rings (SSSR count). The summed E-state index contributed by atoms with van der Waals surface area (Å²) >= 11 is 25.4. The standard InChI is InChI=1S/C24H18Cl4N2O4S/c1-11-6-7-15(12(2)8-11)30-16(31)10-35-14-5-3-4-13(9-14)29-23(32)17-18(24(33)34)20(26)22(28)21(27)19(17)25/h3-9H,10H2,1-2H3,(H,29,32)(H,30,31)(H,33,34). The highest BCUT2D eigenvalue weighted by atomic mass is 35.5. The van der Waals surface area contributed by atoms with Crippen molar-refractivity contribution in [3.8, 4) is 0 Å². The van der Waals surface area contributed by atoms with Crippen molar-refractivity contribution in [3.63, 3.8) is 0 Å². The molecule has 0 saturated carbocycles. The van der Waals surface area contributed by atoms with Crippen molar-refractivity contribution in [1.29, 1.82) is 0 Å². The summed E-state index contributed by atoms with van der Waals surface area (Å²) in [7, 11) is 0. The molecule has 6 nitrogen and oxygen atoms in total. The van der Waals surface area contributed by atoms with Gasteiger partial charge in [-0.25, -0.2) is 4.79 Å². The maximum atomic E-state index is 12.9. The number of carboxylic acid groups (broad SMARTS) is 1. The van der Waals surface area contributed by atoms with Crippen molar-refractivity contribution in [3.05, 3.63) is 84.8 Å². The first-order chi connectivity index (χ1) is 16.5. The third-order valence-electron chi connectivity index (χ3n) is 4.83. The molecule has 0 fully saturated rings. The molecule has 0 spiro atoms. The summed E-state index contributed by atoms with van der Waals surface area (Å²) in [5.41, 5.74) is 2.20. The predicted molar refractivity (Wildman–Crippen MR) is 143 cm³/mol. The summed E-state index contributed by atoms with van der Waals surface area (Å²) in [6, 6.07) is 12.5. The number of halogens is 4. The van der Waals surface area contributed by atoms with E-state index < -0.39 is 28.0 Å². The largest absolute Gasteiger partial charge is 0.478 e. The number of rotatable bonds is 7. The van der Waals surface area contributed by atoms with E-state index in [-0.39, 0.29) is 26.7 Å². The molecule has 3 N–H and O–H groups in total. The number of benzene rings is 3. The number of carboxylic acids is 1. The molecule has 182 valence electrons. The van der Waals surface area contributed by atoms with Crippen molar-refractivity contribution in [1.82, 2.24) is 0 Å². The van der Waals surface area contributed by atoms with Crippen molar-refractivity contribution in [2.45, 2.75) is 18.7 Å². The SMILES string of the molecule is Cc1ccc(NC(=O)CSc2cccc(NC(=O)c3c(Cl)c(Cl)c(Cl)c(Cl)c3C(=O)O)c2)c(C)c1. The maximum absolute atomic E-state index is 12.9. The molecule has 0 aliphatic heterocycles. The van der Waals surface area contributed by atoms with Crippen molar-refractivity contribution in [2.24, 2.45) is 0 Å². The zero-order valence-corrected chi connectivity index (χ0v) is 22.2. The van der Waals surface area contributed by atoms with E-state index in [0.717, 1.165) is 16.8 Å². The van der Waals surface area contributed by atoms with Gasteiger partial charge in [0.25, 0.3) is 5.91 Å². The van der Waals surface area contributed by atoms with Gasteiger partial charge >= 0.3 is 5.97 Å². The molecule has 0 unspecified atom stereocenters. The minimum absolute atomic E-state index is 0.141. The lowest BCUT2D eigenvalue weighted by Crippen LogP contribution is -2.18. The number of amides is 2. The average molecular weight is 572 g/mol. The number of anilines is 2. The van der Waals surface area contributed by atoms with E-state index in [9.17, 15) is 19.5 Å². The fourth-order valence-corrected chi connectivity index (χ4v) is 4.97. The van der Waals surface area contributed by atoms with Crippen LogP contribution in [0.15, 0.2) is 47.4 Å². The second kappa shape index (κ2) is 11.5. The Kier molecular flexibility index (Phi) is 8.96. The Morgan fingerprint density at radius 1 is 0.857 bits per heavy atom. The number of aryl methyl sites for hydroxylation is 2. The van der Waals surface area contributed by atoms with Gasteiger partial charge in [-0.1, -0.05) is 70.2 Å². The van der Waals surface area contributed by atoms with Gasteiger partial charge in [-0.15, -0.1) is 11.8 Å². The van der Waals surface area contributed by atoms with E-state index in [1.807, 2.05) is 32.0 Å². The molecule has 0 atom stereocenters. The van der Waals surface area contributed by atoms with Gasteiger partial charge in [-0.2, -0.15) is 0 Å². The summed E-state index contributed by atoms with van der Waals surface area (Å²) < 4.78 is 0. The van der Waals surface area contributed by atoms with Crippen LogP contribution in [-0.4, -0.2) is 28.6 Å². The summed E-state index contributed by atoms with van der Waals surface area (Å²) in [6.07, 6.45) is 0. The molecule has 0 aromatic heterocycles. The Morgan fingerprint density at radius 3 is 2.14 bits per heavy atom. The summed E-state index contributed by atoms with van der Waals surface area (Å²) in [5, 5.41) is 13.8. The zero-order chi connectivity index (χ0) is 25.9. The molecule has 0 saturated heterocycles. The van der Waals surface area contributed by atoms with Crippen LogP contribution in [0.2, 0.25) is 20.1 Å². The molecule has 0 aliphatic carbocycles. The van der Waals surface area contributed by atoms with Crippen LogP contribution in [0.5, 0.6) is 0 Å². The lowest BCUT2D eigenvalue weighted by Gasteiger charge is -2.14. The van der Waals surface area contributed by atoms with Gasteiger partial charge in [0.2, 0.25) is 5.91 Å². The Bertz CT molecular complexity index is 1350. The number of thioether (sulfide) groups is 1. The lowest BCUT2D eigenvalue weighted by molar-refractivity contribution is -0.113. The molecule has 0 bridgehead atoms. The molecule has 2 amide bonds. The van der Waals surface area contributed by atoms with Gasteiger partial charge in [-0.05, 0) is 43.7 Å². The first kappa shape index (κ1) is 27.2. The molecule has 11 heteroatoms. The third-order valence-corrected chi connectivity index (χ3v) is 7.62. The van der Waals surface area contributed by atoms with Crippen LogP contribution in [0, 0.1) is 13.8 Å². The van der Waals surface area contributed by atoms with Gasteiger partial charge in [0.15, 0.2) is 0 Å². The predicted octanol–water partition coefficient (Wildman–Crippen LogP) is 7.60. The monoisotopic (exact) mass is 570 g/mol. The van der Waals surface area contributed by atoms with Gasteiger partial charge < -0.3 is 15.7 Å². The summed E-state index contributed by atoms with van der Waals surface area (Å²) in [4.78, 5) is 37.7. The van der Waals surface area contributed by atoms with Crippen LogP contribution >= 0.6 is 58.2 Å². The molecule has 3 aromatic carbocycles. The smallest absolute Gasteiger partial charge is 0.338 e. The molecule has 3 aromatic rings. The van der Waals surface area contributed by atoms with E-state index in [0.29, 0.717) is 10.6 Å². The molecule has 0 heterocycles. The van der Waals surface area contributed by atoms with E-state index >= 15 is 0 Å². The average Bonchev–Trinajstić information content (AvgIpc) is 2.80. The highest BCUT2D eigenvalue weighted by Crippen LogP contribution is 2.42. The normalized spacial score (nSPS) is 10.7. The van der Waals surface area contributed by atoms with Crippen LogP contribution in [0.1, 0.15) is 31.8 Å². The van der Waals surface area contributed by atoms with Crippen LogP contribution < -0.4 is 10.6 Å². The number of nitrogens with one attached hydrogen (secondary N) is 2. The van der Waals surface area contributed by atoms with Gasteiger partial charge in [0.05, 0.1) is 37.0 Å². The van der Waals surface area contributed by atoms with Crippen LogP contribution in [0.3, 0.4) is 0 Å². The molecule has 0 aliphatic rings. The molecule has 0 radical (unpaired) electrons. The maximum Gasteiger partial charge on any atom is 0.338 e. The minimum atomic E-state index is -1.49. The van der Waals surface area contributed by atoms with Crippen molar-refractivity contribution < 1.29 is 19.5 Å². The Hall–Kier alpha value is -2.42. The number of aromatic carboxylic acids is 1. The van der Waals surface area contributed by atoms with Gasteiger partial charge in [-0.3, -0.25) is 9.59 Å². The van der Waals surface area contributed by atoms with E-state index in [1.54, 1.807) is 24.3 Å². The molecular formula is C24H18Cl4N2O4S. The highest BCUT2D eigenvalue weighted by molar-refractivity contribution is 8.00. The Balaban J connectivity index is 1.74. The molecule has 35 heavy (non-hydrogen) atoms. The Labute approximate surface area is 225 Å². The summed E-state index contributed by atoms with van der Waals surface area (Å²) in [6.45, 7) is 3.90. The van der Waals surface area contributed by atoms with E-state index in [4.69, 9.17) is 46.4 Å². The lowest BCUT2D eigenvalue weighted by atomic mass is 10.1. The fraction of sp³-hybridized carbons (Fsp3) is 0.125. The fourth-order valence-electron chi connectivity index (χ4n) is 3.19. The number of carbonyl (C=O) groups excluding carboxylic acids is 2. The quantitative estimate of drug-likeness (QED) is 0.154. The number of hydrogen-bond donors (Lipinski definition) is 3.